The third kappa shape index (κ3) is 9.17. The molecule has 0 aromatic heterocycles. The van der Waals surface area contributed by atoms with Crippen LogP contribution in [0.5, 0.6) is 11.5 Å². The molecule has 166 valence electrons. The topological polar surface area (TPSA) is 96.2 Å². The molecule has 3 aromatic carbocycles. The van der Waals surface area contributed by atoms with Gasteiger partial charge in [-0.25, -0.2) is 4.57 Å². The smallest absolute Gasteiger partial charge is 0.428 e. The number of benzene rings is 3. The van der Waals surface area contributed by atoms with E-state index in [0.717, 1.165) is 33.1 Å². The average Bonchev–Trinajstić information content (AvgIpc) is 2.66. The van der Waals surface area contributed by atoms with Crippen molar-refractivity contribution in [3.63, 3.8) is 0 Å². The Balaban J connectivity index is 0.000000614. The molecule has 0 aliphatic carbocycles. The molecule has 31 heavy (non-hydrogen) atoms. The summed E-state index contributed by atoms with van der Waals surface area (Å²) in [6, 6.07) is 24.0. The summed E-state index contributed by atoms with van der Waals surface area (Å²) in [6.45, 7) is 6.10. The van der Waals surface area contributed by atoms with Gasteiger partial charge in [0.15, 0.2) is 0 Å². The zero-order valence-electron chi connectivity index (χ0n) is 17.2. The van der Waals surface area contributed by atoms with Gasteiger partial charge in [-0.05, 0) is 67.0 Å². The van der Waals surface area contributed by atoms with Crippen LogP contribution in [0.2, 0.25) is 0 Å². The van der Waals surface area contributed by atoms with Gasteiger partial charge in [-0.3, -0.25) is 0 Å². The Labute approximate surface area is 191 Å². The van der Waals surface area contributed by atoms with Crippen LogP contribution < -0.4 is 9.05 Å². The summed E-state index contributed by atoms with van der Waals surface area (Å²) < 4.78 is 21.5. The Bertz CT molecular complexity index is 986. The lowest BCUT2D eigenvalue weighted by molar-refractivity contribution is 0.275. The van der Waals surface area contributed by atoms with Gasteiger partial charge in [-0.1, -0.05) is 54.6 Å². The van der Waals surface area contributed by atoms with Gasteiger partial charge in [0.1, 0.15) is 11.5 Å². The lowest BCUT2D eigenvalue weighted by Crippen LogP contribution is -2.00. The molecule has 0 aliphatic rings. The molecule has 6 nitrogen and oxygen atoms in total. The maximum Gasteiger partial charge on any atom is 0.466 e. The van der Waals surface area contributed by atoms with E-state index < -0.39 is 13.5 Å². The van der Waals surface area contributed by atoms with Crippen molar-refractivity contribution in [2.45, 2.75) is 25.7 Å². The van der Waals surface area contributed by atoms with Crippen molar-refractivity contribution in [3.8, 4) is 11.5 Å². The van der Waals surface area contributed by atoms with Crippen molar-refractivity contribution >= 4 is 36.7 Å². The maximum atomic E-state index is 8.88. The van der Waals surface area contributed by atoms with Crippen LogP contribution in [-0.4, -0.2) is 14.7 Å². The molecule has 0 heterocycles. The molecule has 0 aliphatic heterocycles. The molecule has 0 atom stereocenters. The van der Waals surface area contributed by atoms with Crippen molar-refractivity contribution in [3.05, 3.63) is 89.5 Å². The second-order valence-electron chi connectivity index (χ2n) is 6.53. The molecule has 3 aromatic rings. The Hall–Kier alpha value is -1.63. The van der Waals surface area contributed by atoms with Gasteiger partial charge < -0.3 is 23.7 Å². The van der Waals surface area contributed by atoms with E-state index in [1.165, 1.54) is 11.4 Å². The van der Waals surface area contributed by atoms with Crippen molar-refractivity contribution in [2.75, 3.05) is 0 Å². The Morgan fingerprint density at radius 2 is 1.06 bits per heavy atom. The molecule has 0 spiro atoms. The molecule has 3 rings (SSSR count). The molecule has 0 fully saturated rings. The maximum absolute atomic E-state index is 8.88. The molecule has 0 saturated carbocycles. The largest absolute Gasteiger partial charge is 0.466 e. The van der Waals surface area contributed by atoms with Crippen LogP contribution in [0, 0.1) is 20.8 Å². The molecular formula is C21H24O6P2S2. The fourth-order valence-corrected chi connectivity index (χ4v) is 7.24. The number of hydrogen-bond acceptors (Lipinski definition) is 5. The van der Waals surface area contributed by atoms with Gasteiger partial charge >= 0.3 is 13.5 Å². The van der Waals surface area contributed by atoms with E-state index in [9.17, 15) is 0 Å². The molecule has 0 unspecified atom stereocenters. The molecule has 0 radical (unpaired) electrons. The minimum Gasteiger partial charge on any atom is -0.428 e. The van der Waals surface area contributed by atoms with E-state index in [-0.39, 0.29) is 0 Å². The third-order valence-corrected chi connectivity index (χ3v) is 8.46. The first-order valence-electron chi connectivity index (χ1n) is 9.11. The van der Waals surface area contributed by atoms with Crippen molar-refractivity contribution < 1.29 is 28.3 Å². The van der Waals surface area contributed by atoms with Gasteiger partial charge in [0, 0.05) is 16.7 Å². The molecular weight excluding hydrogens is 474 g/mol. The number of hydrogen-bond donors (Lipinski definition) is 3. The van der Waals surface area contributed by atoms with Gasteiger partial charge in [-0.2, -0.15) is 0 Å². The molecule has 0 bridgehead atoms. The highest BCUT2D eigenvalue weighted by Gasteiger charge is 2.27. The quantitative estimate of drug-likeness (QED) is 0.348. The number of rotatable bonds is 6. The van der Waals surface area contributed by atoms with E-state index in [4.69, 9.17) is 40.1 Å². The normalized spacial score (nSPS) is 11.3. The minimum atomic E-state index is -4.64. The highest BCUT2D eigenvalue weighted by atomic mass is 32.9. The molecule has 3 N–H and O–H groups in total. The van der Waals surface area contributed by atoms with Crippen LogP contribution in [0.4, 0.5) is 0 Å². The zero-order chi connectivity index (χ0) is 23.1. The fourth-order valence-electron chi connectivity index (χ4n) is 2.39. The number of para-hydroxylation sites is 2. The number of aryl methyl sites for hydroxylation is 3. The monoisotopic (exact) mass is 498 g/mol. The summed E-state index contributed by atoms with van der Waals surface area (Å²) in [5, 5.41) is 0. The third-order valence-electron chi connectivity index (χ3n) is 3.91. The first-order valence-corrected chi connectivity index (χ1v) is 14.7. The standard InChI is InChI=1S/C21H21O2PS2.H3O4P/c1-16-10-4-7-13-19(16)22-24(25,23-20-14-8-5-11-17(20)2)26-21-15-9-6-12-18(21)3;1-5(2,3)4/h4-15H,1-3H3;(H3,1,2,3,4). The molecule has 0 amide bonds. The predicted octanol–water partition coefficient (Wildman–Crippen LogP) is 6.16. The van der Waals surface area contributed by atoms with Gasteiger partial charge in [-0.15, -0.1) is 0 Å². The van der Waals surface area contributed by atoms with Crippen LogP contribution in [0.25, 0.3) is 0 Å². The predicted molar refractivity (Wildman–Crippen MR) is 129 cm³/mol. The Morgan fingerprint density at radius 1 is 0.710 bits per heavy atom. The van der Waals surface area contributed by atoms with E-state index in [1.807, 2.05) is 74.5 Å². The zero-order valence-corrected chi connectivity index (χ0v) is 20.6. The van der Waals surface area contributed by atoms with E-state index in [2.05, 4.69) is 19.1 Å². The summed E-state index contributed by atoms with van der Waals surface area (Å²) in [6.07, 6.45) is 0. The number of phosphoric acid groups is 1. The van der Waals surface area contributed by atoms with Crippen LogP contribution in [0.1, 0.15) is 16.7 Å². The Kier molecular flexibility index (Phi) is 9.34. The average molecular weight is 498 g/mol. The summed E-state index contributed by atoms with van der Waals surface area (Å²) in [5.74, 6) is 1.54. The summed E-state index contributed by atoms with van der Waals surface area (Å²) in [7, 11) is -4.64. The van der Waals surface area contributed by atoms with E-state index >= 15 is 0 Å². The Morgan fingerprint density at radius 3 is 1.45 bits per heavy atom. The first kappa shape index (κ1) is 25.6. The highest BCUT2D eigenvalue weighted by Crippen LogP contribution is 2.63. The lowest BCUT2D eigenvalue weighted by atomic mass is 10.2. The van der Waals surface area contributed by atoms with Gasteiger partial charge in [0.25, 0.3) is 0 Å². The fraction of sp³-hybridized carbons (Fsp3) is 0.143. The van der Waals surface area contributed by atoms with Crippen LogP contribution in [0.15, 0.2) is 77.7 Å². The first-order chi connectivity index (χ1) is 14.5. The van der Waals surface area contributed by atoms with Crippen molar-refractivity contribution in [2.24, 2.45) is 0 Å². The van der Waals surface area contributed by atoms with Gasteiger partial charge in [0.2, 0.25) is 0 Å². The summed E-state index contributed by atoms with van der Waals surface area (Å²) in [4.78, 5) is 22.6. The minimum absolute atomic E-state index is 0.769. The summed E-state index contributed by atoms with van der Waals surface area (Å²) >= 11 is 7.46. The van der Waals surface area contributed by atoms with Crippen molar-refractivity contribution in [1.29, 1.82) is 0 Å². The van der Waals surface area contributed by atoms with Crippen molar-refractivity contribution in [1.82, 2.24) is 0 Å². The van der Waals surface area contributed by atoms with Crippen LogP contribution in [0.3, 0.4) is 0 Å². The van der Waals surface area contributed by atoms with E-state index in [0.29, 0.717) is 0 Å². The highest BCUT2D eigenvalue weighted by molar-refractivity contribution is 8.68. The second-order valence-corrected chi connectivity index (χ2v) is 13.6. The van der Waals surface area contributed by atoms with Crippen LogP contribution >= 0.6 is 24.9 Å². The molecule has 0 saturated heterocycles. The van der Waals surface area contributed by atoms with Crippen LogP contribution in [-0.2, 0) is 16.4 Å². The van der Waals surface area contributed by atoms with E-state index in [1.54, 1.807) is 0 Å². The van der Waals surface area contributed by atoms with Gasteiger partial charge in [0.05, 0.1) is 0 Å². The molecule has 10 heteroatoms. The second kappa shape index (κ2) is 11.3. The lowest BCUT2D eigenvalue weighted by Gasteiger charge is -2.25. The summed E-state index contributed by atoms with van der Waals surface area (Å²) in [5.41, 5.74) is 0.529. The SMILES string of the molecule is Cc1ccccc1OP(=S)(Oc1ccccc1C)Sc1ccccc1C.O=P(O)(O)O.